The molecular formula is C44H27N5O. The molecule has 0 N–H and O–H groups in total. The standard InChI is InChI=1S/C44H27N5O/c1-3-10-29(11-4-1)42-46-43(30-19-17-28(18-20-30)32-12-9-25-45-27-32)48-44(47-42)31-21-24-39-36(26-31)34-22-23-38-40(41(34)50-39)35-15-7-8-16-37(35)49(38)33-13-5-2-6-14-33/h1-27H. The van der Waals surface area contributed by atoms with Crippen LogP contribution in [0.15, 0.2) is 168 Å². The molecule has 4 aromatic heterocycles. The molecule has 0 atom stereocenters. The molecule has 0 unspecified atom stereocenters. The van der Waals surface area contributed by atoms with Crippen molar-refractivity contribution < 1.29 is 4.42 Å². The van der Waals surface area contributed by atoms with Crippen molar-refractivity contribution in [3.63, 3.8) is 0 Å². The van der Waals surface area contributed by atoms with Gasteiger partial charge in [-0.3, -0.25) is 4.98 Å². The van der Waals surface area contributed by atoms with E-state index in [2.05, 4.69) is 107 Å². The average Bonchev–Trinajstić information content (AvgIpc) is 3.74. The van der Waals surface area contributed by atoms with E-state index in [1.54, 1.807) is 6.20 Å². The van der Waals surface area contributed by atoms with Crippen LogP contribution in [0.1, 0.15) is 0 Å². The summed E-state index contributed by atoms with van der Waals surface area (Å²) < 4.78 is 8.99. The fraction of sp³-hybridized carbons (Fsp3) is 0. The molecule has 0 amide bonds. The first-order valence-corrected chi connectivity index (χ1v) is 16.5. The van der Waals surface area contributed by atoms with Crippen LogP contribution in [0.25, 0.3) is 94.7 Å². The Morgan fingerprint density at radius 2 is 1.08 bits per heavy atom. The Balaban J connectivity index is 1.14. The Morgan fingerprint density at radius 1 is 0.440 bits per heavy atom. The van der Waals surface area contributed by atoms with Crippen LogP contribution in [0.3, 0.4) is 0 Å². The van der Waals surface area contributed by atoms with Gasteiger partial charge in [-0.05, 0) is 65.7 Å². The predicted molar refractivity (Wildman–Crippen MR) is 201 cm³/mol. The normalized spacial score (nSPS) is 11.6. The van der Waals surface area contributed by atoms with Crippen LogP contribution in [-0.2, 0) is 0 Å². The first kappa shape index (κ1) is 28.1. The van der Waals surface area contributed by atoms with Gasteiger partial charge in [0.1, 0.15) is 11.2 Å². The molecule has 4 heterocycles. The van der Waals surface area contributed by atoms with Crippen molar-refractivity contribution in [3.8, 4) is 51.0 Å². The first-order valence-electron chi connectivity index (χ1n) is 16.5. The van der Waals surface area contributed by atoms with E-state index in [9.17, 15) is 0 Å². The zero-order valence-corrected chi connectivity index (χ0v) is 26.7. The van der Waals surface area contributed by atoms with Crippen molar-refractivity contribution in [2.75, 3.05) is 0 Å². The molecule has 0 aliphatic rings. The van der Waals surface area contributed by atoms with Gasteiger partial charge in [0.2, 0.25) is 0 Å². The number of furan rings is 1. The van der Waals surface area contributed by atoms with Gasteiger partial charge < -0.3 is 8.98 Å². The van der Waals surface area contributed by atoms with Gasteiger partial charge in [-0.25, -0.2) is 15.0 Å². The van der Waals surface area contributed by atoms with E-state index in [0.717, 1.165) is 77.2 Å². The summed E-state index contributed by atoms with van der Waals surface area (Å²) in [6.45, 7) is 0. The van der Waals surface area contributed by atoms with Crippen LogP contribution in [0, 0.1) is 0 Å². The lowest BCUT2D eigenvalue weighted by Gasteiger charge is -2.09. The van der Waals surface area contributed by atoms with E-state index < -0.39 is 0 Å². The third kappa shape index (κ3) is 4.58. The molecule has 6 heteroatoms. The largest absolute Gasteiger partial charge is 0.455 e. The van der Waals surface area contributed by atoms with Crippen LogP contribution in [0.5, 0.6) is 0 Å². The van der Waals surface area contributed by atoms with Crippen molar-refractivity contribution in [3.05, 3.63) is 164 Å². The lowest BCUT2D eigenvalue weighted by molar-refractivity contribution is 0.673. The second-order valence-electron chi connectivity index (χ2n) is 12.3. The summed E-state index contributed by atoms with van der Waals surface area (Å²) in [5, 5.41) is 4.32. The zero-order chi connectivity index (χ0) is 33.0. The van der Waals surface area contributed by atoms with E-state index in [4.69, 9.17) is 19.4 Å². The summed E-state index contributed by atoms with van der Waals surface area (Å²) in [6.07, 6.45) is 3.65. The fourth-order valence-electron chi connectivity index (χ4n) is 6.98. The lowest BCUT2D eigenvalue weighted by atomic mass is 10.0. The fourth-order valence-corrected chi connectivity index (χ4v) is 6.98. The van der Waals surface area contributed by atoms with Gasteiger partial charge in [-0.15, -0.1) is 0 Å². The molecule has 0 aliphatic heterocycles. The van der Waals surface area contributed by atoms with E-state index in [-0.39, 0.29) is 0 Å². The lowest BCUT2D eigenvalue weighted by Crippen LogP contribution is -2.00. The Kier molecular flexibility index (Phi) is 6.39. The number of para-hydroxylation sites is 2. The second kappa shape index (κ2) is 11.4. The average molecular weight is 642 g/mol. The third-order valence-electron chi connectivity index (χ3n) is 9.35. The van der Waals surface area contributed by atoms with Gasteiger partial charge in [-0.2, -0.15) is 0 Å². The quantitative estimate of drug-likeness (QED) is 0.187. The number of benzene rings is 6. The van der Waals surface area contributed by atoms with E-state index >= 15 is 0 Å². The van der Waals surface area contributed by atoms with Crippen molar-refractivity contribution in [2.45, 2.75) is 0 Å². The predicted octanol–water partition coefficient (Wildman–Crippen LogP) is 10.9. The SMILES string of the molecule is c1ccc(-c2nc(-c3ccc(-c4cccnc4)cc3)nc(-c3ccc4oc5c(ccc6c5c5ccccc5n6-c5ccccc5)c4c3)n2)cc1. The number of pyridine rings is 1. The maximum atomic E-state index is 6.68. The minimum absolute atomic E-state index is 0.600. The summed E-state index contributed by atoms with van der Waals surface area (Å²) in [5.74, 6) is 1.83. The minimum Gasteiger partial charge on any atom is -0.455 e. The van der Waals surface area contributed by atoms with Crippen LogP contribution < -0.4 is 0 Å². The Bertz CT molecular complexity index is 2840. The van der Waals surface area contributed by atoms with Crippen LogP contribution in [0.4, 0.5) is 0 Å². The number of hydrogen-bond donors (Lipinski definition) is 0. The molecule has 0 fully saturated rings. The maximum Gasteiger partial charge on any atom is 0.164 e. The van der Waals surface area contributed by atoms with Gasteiger partial charge in [0.25, 0.3) is 0 Å². The molecule has 50 heavy (non-hydrogen) atoms. The van der Waals surface area contributed by atoms with Gasteiger partial charge in [0, 0.05) is 50.9 Å². The highest BCUT2D eigenvalue weighted by Crippen LogP contribution is 2.41. The monoisotopic (exact) mass is 641 g/mol. The molecule has 0 spiro atoms. The molecule has 6 nitrogen and oxygen atoms in total. The highest BCUT2D eigenvalue weighted by atomic mass is 16.3. The Hall–Kier alpha value is -6.92. The number of aromatic nitrogens is 5. The first-order chi connectivity index (χ1) is 24.8. The number of hydrogen-bond acceptors (Lipinski definition) is 5. The molecule has 6 aromatic carbocycles. The van der Waals surface area contributed by atoms with Crippen molar-refractivity contribution in [2.24, 2.45) is 0 Å². The molecule has 234 valence electrons. The summed E-state index contributed by atoms with van der Waals surface area (Å²) in [6, 6.07) is 51.9. The zero-order valence-electron chi connectivity index (χ0n) is 26.7. The molecular weight excluding hydrogens is 615 g/mol. The minimum atomic E-state index is 0.600. The molecule has 0 saturated heterocycles. The summed E-state index contributed by atoms with van der Waals surface area (Å²) in [7, 11) is 0. The second-order valence-corrected chi connectivity index (χ2v) is 12.3. The van der Waals surface area contributed by atoms with E-state index in [1.807, 2.05) is 60.8 Å². The van der Waals surface area contributed by atoms with E-state index in [1.165, 1.54) is 0 Å². The van der Waals surface area contributed by atoms with Gasteiger partial charge >= 0.3 is 0 Å². The molecule has 10 aromatic rings. The van der Waals surface area contributed by atoms with Crippen LogP contribution >= 0.6 is 0 Å². The van der Waals surface area contributed by atoms with E-state index in [0.29, 0.717) is 17.5 Å². The molecule has 10 rings (SSSR count). The van der Waals surface area contributed by atoms with Gasteiger partial charge in [-0.1, -0.05) is 97.1 Å². The molecule has 0 bridgehead atoms. The Labute approximate surface area is 287 Å². The summed E-state index contributed by atoms with van der Waals surface area (Å²) in [5.41, 5.74) is 9.91. The van der Waals surface area contributed by atoms with Crippen LogP contribution in [-0.4, -0.2) is 24.5 Å². The highest BCUT2D eigenvalue weighted by Gasteiger charge is 2.20. The number of fused-ring (bicyclic) bond motifs is 7. The molecule has 0 radical (unpaired) electrons. The van der Waals surface area contributed by atoms with Gasteiger partial charge in [0.15, 0.2) is 17.5 Å². The van der Waals surface area contributed by atoms with Crippen molar-refractivity contribution in [1.82, 2.24) is 24.5 Å². The number of rotatable bonds is 5. The number of nitrogens with zero attached hydrogens (tertiary/aromatic N) is 5. The topological polar surface area (TPSA) is 69.6 Å². The molecule has 0 aliphatic carbocycles. The summed E-state index contributed by atoms with van der Waals surface area (Å²) >= 11 is 0. The highest BCUT2D eigenvalue weighted by molar-refractivity contribution is 6.24. The smallest absolute Gasteiger partial charge is 0.164 e. The van der Waals surface area contributed by atoms with Crippen LogP contribution in [0.2, 0.25) is 0 Å². The maximum absolute atomic E-state index is 6.68. The third-order valence-corrected chi connectivity index (χ3v) is 9.35. The Morgan fingerprint density at radius 3 is 1.84 bits per heavy atom. The summed E-state index contributed by atoms with van der Waals surface area (Å²) in [4.78, 5) is 19.2. The van der Waals surface area contributed by atoms with Crippen molar-refractivity contribution in [1.29, 1.82) is 0 Å². The van der Waals surface area contributed by atoms with Crippen molar-refractivity contribution >= 4 is 43.7 Å². The molecule has 0 saturated carbocycles. The van der Waals surface area contributed by atoms with Gasteiger partial charge in [0.05, 0.1) is 16.4 Å².